The van der Waals surface area contributed by atoms with Crippen LogP contribution < -0.4 is 0 Å². The fourth-order valence-corrected chi connectivity index (χ4v) is 1.54. The van der Waals surface area contributed by atoms with Crippen molar-refractivity contribution >= 4 is 19.4 Å². The van der Waals surface area contributed by atoms with Crippen LogP contribution in [0.15, 0.2) is 22.8 Å². The van der Waals surface area contributed by atoms with E-state index in [4.69, 9.17) is 19.4 Å². The molecular formula is C10H16Cl2Ru. The summed E-state index contributed by atoms with van der Waals surface area (Å²) in [7, 11) is 9.71. The molecule has 0 aromatic heterocycles. The molecule has 0 bridgehead atoms. The molecule has 3 heteroatoms. The number of hydrogen-bond donors (Lipinski definition) is 0. The summed E-state index contributed by atoms with van der Waals surface area (Å²) in [6.45, 7) is 11.1. The minimum absolute atomic E-state index is 0.314. The average molecular weight is 308 g/mol. The van der Waals surface area contributed by atoms with E-state index in [1.807, 2.05) is 0 Å². The van der Waals surface area contributed by atoms with Crippen molar-refractivity contribution in [1.82, 2.24) is 0 Å². The molecule has 0 nitrogen and oxygen atoms in total. The minimum atomic E-state index is -0.346. The van der Waals surface area contributed by atoms with Crippen LogP contribution in [0.25, 0.3) is 0 Å². The molecule has 0 saturated heterocycles. The van der Waals surface area contributed by atoms with Crippen LogP contribution in [0.1, 0.15) is 34.6 Å². The first-order valence-corrected chi connectivity index (χ1v) is 8.57. The predicted molar refractivity (Wildman–Crippen MR) is 57.6 cm³/mol. The van der Waals surface area contributed by atoms with Gasteiger partial charge in [-0.15, -0.1) is 0 Å². The summed E-state index contributed by atoms with van der Waals surface area (Å²) < 4.78 is 0. The van der Waals surface area contributed by atoms with Crippen LogP contribution in [0, 0.1) is 5.41 Å². The molecule has 78 valence electrons. The monoisotopic (exact) mass is 308 g/mol. The van der Waals surface area contributed by atoms with Crippen molar-refractivity contribution < 1.29 is 15.1 Å². The Labute approximate surface area is 97.1 Å². The van der Waals surface area contributed by atoms with Gasteiger partial charge >= 0.3 is 34.5 Å². The maximum atomic E-state index is 4.85. The Morgan fingerprint density at radius 3 is 1.62 bits per heavy atom. The summed E-state index contributed by atoms with van der Waals surface area (Å²) >= 11 is -0.346. The molecule has 0 aliphatic heterocycles. The molecular weight excluding hydrogens is 292 g/mol. The Bertz CT molecular complexity index is 239. The van der Waals surface area contributed by atoms with Gasteiger partial charge < -0.3 is 0 Å². The number of hydrogen-bond acceptors (Lipinski definition) is 0. The van der Waals surface area contributed by atoms with E-state index in [9.17, 15) is 0 Å². The SMILES string of the molecule is CC1=CC(C)(C)C(C)=C1C.[Cl][Ru][Cl]. The van der Waals surface area contributed by atoms with Gasteiger partial charge in [0.25, 0.3) is 0 Å². The zero-order valence-corrected chi connectivity index (χ0v) is 11.9. The van der Waals surface area contributed by atoms with Crippen LogP contribution in [0.2, 0.25) is 0 Å². The molecule has 0 atom stereocenters. The zero-order chi connectivity index (χ0) is 10.6. The van der Waals surface area contributed by atoms with Crippen molar-refractivity contribution in [2.75, 3.05) is 0 Å². The molecule has 0 aromatic carbocycles. The topological polar surface area (TPSA) is 0 Å². The number of rotatable bonds is 0. The molecule has 0 fully saturated rings. The van der Waals surface area contributed by atoms with E-state index in [1.54, 1.807) is 0 Å². The molecule has 13 heavy (non-hydrogen) atoms. The number of halogens is 2. The predicted octanol–water partition coefficient (Wildman–Crippen LogP) is 4.69. The van der Waals surface area contributed by atoms with Crippen LogP contribution in [0.4, 0.5) is 0 Å². The average Bonchev–Trinajstić information content (AvgIpc) is 2.16. The fourth-order valence-electron chi connectivity index (χ4n) is 1.54. The van der Waals surface area contributed by atoms with E-state index in [0.717, 1.165) is 0 Å². The Balaban J connectivity index is 0.000000424. The van der Waals surface area contributed by atoms with E-state index in [0.29, 0.717) is 5.41 Å². The molecule has 0 N–H and O–H groups in total. The van der Waals surface area contributed by atoms with Gasteiger partial charge in [0.1, 0.15) is 0 Å². The Kier molecular flexibility index (Phi) is 5.83. The van der Waals surface area contributed by atoms with Crippen molar-refractivity contribution in [2.24, 2.45) is 5.41 Å². The van der Waals surface area contributed by atoms with Gasteiger partial charge in [-0.2, -0.15) is 0 Å². The summed E-state index contributed by atoms with van der Waals surface area (Å²) in [6, 6.07) is 0. The van der Waals surface area contributed by atoms with Crippen molar-refractivity contribution in [2.45, 2.75) is 34.6 Å². The normalized spacial score (nSPS) is 19.8. The Hall–Kier alpha value is 0.683. The molecule has 0 spiro atoms. The molecule has 0 unspecified atom stereocenters. The quantitative estimate of drug-likeness (QED) is 0.570. The summed E-state index contributed by atoms with van der Waals surface area (Å²) in [5.74, 6) is 0. The summed E-state index contributed by atoms with van der Waals surface area (Å²) in [4.78, 5) is 0. The molecule has 1 rings (SSSR count). The van der Waals surface area contributed by atoms with E-state index in [1.165, 1.54) is 16.7 Å². The van der Waals surface area contributed by atoms with Gasteiger partial charge in [0.15, 0.2) is 0 Å². The maximum absolute atomic E-state index is 4.85. The van der Waals surface area contributed by atoms with E-state index >= 15 is 0 Å². The first-order chi connectivity index (χ1) is 5.86. The zero-order valence-electron chi connectivity index (χ0n) is 8.69. The molecule has 0 aromatic rings. The van der Waals surface area contributed by atoms with Crippen LogP contribution in [0.3, 0.4) is 0 Å². The van der Waals surface area contributed by atoms with Gasteiger partial charge in [-0.25, -0.2) is 0 Å². The fraction of sp³-hybridized carbons (Fsp3) is 0.600. The standard InChI is InChI=1S/C10H16.2ClH.Ru/c1-7-6-10(4,5)9(3)8(7)2;;;/h6H,1-5H3;2*1H;/q;;;+2/p-2. The first kappa shape index (κ1) is 13.7. The Morgan fingerprint density at radius 1 is 1.15 bits per heavy atom. The van der Waals surface area contributed by atoms with Gasteiger partial charge in [0, 0.05) is 5.41 Å². The third-order valence-electron chi connectivity index (χ3n) is 2.70. The number of allylic oxidation sites excluding steroid dienone is 4. The van der Waals surface area contributed by atoms with Crippen LogP contribution in [-0.4, -0.2) is 0 Å². The molecule has 1 aliphatic carbocycles. The third kappa shape index (κ3) is 3.74. The molecule has 0 radical (unpaired) electrons. The van der Waals surface area contributed by atoms with Crippen LogP contribution in [-0.2, 0) is 15.1 Å². The van der Waals surface area contributed by atoms with Crippen molar-refractivity contribution in [1.29, 1.82) is 0 Å². The van der Waals surface area contributed by atoms with E-state index < -0.39 is 0 Å². The summed E-state index contributed by atoms with van der Waals surface area (Å²) in [5.41, 5.74) is 4.76. The first-order valence-electron chi connectivity index (χ1n) is 4.09. The van der Waals surface area contributed by atoms with Crippen LogP contribution in [0.5, 0.6) is 0 Å². The molecule has 1 aliphatic rings. The van der Waals surface area contributed by atoms with E-state index in [2.05, 4.69) is 40.7 Å². The van der Waals surface area contributed by atoms with Gasteiger partial charge in [0.05, 0.1) is 0 Å². The summed E-state index contributed by atoms with van der Waals surface area (Å²) in [5, 5.41) is 0. The van der Waals surface area contributed by atoms with Gasteiger partial charge in [-0.05, 0) is 26.3 Å². The molecule has 0 heterocycles. The van der Waals surface area contributed by atoms with Gasteiger partial charge in [-0.3, -0.25) is 0 Å². The van der Waals surface area contributed by atoms with Gasteiger partial charge in [-0.1, -0.05) is 31.1 Å². The second-order valence-corrected chi connectivity index (χ2v) is 6.49. The second-order valence-electron chi connectivity index (χ2n) is 3.85. The summed E-state index contributed by atoms with van der Waals surface area (Å²) in [6.07, 6.45) is 2.34. The molecule has 0 saturated carbocycles. The second kappa shape index (κ2) is 5.54. The Morgan fingerprint density at radius 2 is 1.54 bits per heavy atom. The molecule has 0 amide bonds. The van der Waals surface area contributed by atoms with E-state index in [-0.39, 0.29) is 15.1 Å². The van der Waals surface area contributed by atoms with Crippen molar-refractivity contribution in [3.63, 3.8) is 0 Å². The van der Waals surface area contributed by atoms with Crippen LogP contribution >= 0.6 is 19.4 Å². The third-order valence-corrected chi connectivity index (χ3v) is 2.70. The van der Waals surface area contributed by atoms with Crippen molar-refractivity contribution in [3.8, 4) is 0 Å². The van der Waals surface area contributed by atoms with Gasteiger partial charge in [0.2, 0.25) is 0 Å². The van der Waals surface area contributed by atoms with Crippen molar-refractivity contribution in [3.05, 3.63) is 22.8 Å².